The summed E-state index contributed by atoms with van der Waals surface area (Å²) in [5.41, 5.74) is -1.35. The molecule has 1 saturated heterocycles. The van der Waals surface area contributed by atoms with Gasteiger partial charge in [-0.1, -0.05) is 6.92 Å². The van der Waals surface area contributed by atoms with Crippen molar-refractivity contribution >= 4 is 5.91 Å². The molecule has 1 amide bonds. The Balaban J connectivity index is 2.53. The Bertz CT molecular complexity index is 284. The highest BCUT2D eigenvalue weighted by Crippen LogP contribution is 2.16. The van der Waals surface area contributed by atoms with Gasteiger partial charge in [-0.3, -0.25) is 9.69 Å². The van der Waals surface area contributed by atoms with Gasteiger partial charge >= 0.3 is 0 Å². The number of carbonyl (C=O) groups excluding carboxylic acids is 1. The summed E-state index contributed by atoms with van der Waals surface area (Å²) in [5.74, 6) is -0.0156. The zero-order valence-corrected chi connectivity index (χ0v) is 12.0. The molecule has 1 aliphatic heterocycles. The summed E-state index contributed by atoms with van der Waals surface area (Å²) in [7, 11) is 0. The van der Waals surface area contributed by atoms with Crippen LogP contribution in [-0.4, -0.2) is 59.8 Å². The predicted molar refractivity (Wildman–Crippen MR) is 72.4 cm³/mol. The number of amides is 1. The van der Waals surface area contributed by atoms with Gasteiger partial charge in [0.1, 0.15) is 0 Å². The van der Waals surface area contributed by atoms with Crippen LogP contribution in [0.4, 0.5) is 0 Å². The lowest BCUT2D eigenvalue weighted by Gasteiger charge is -2.40. The third kappa shape index (κ3) is 3.93. The number of piperazine rings is 1. The molecule has 0 aliphatic carbocycles. The molecule has 0 aromatic rings. The third-order valence-electron chi connectivity index (χ3n) is 3.85. The fourth-order valence-corrected chi connectivity index (χ4v) is 1.98. The summed E-state index contributed by atoms with van der Waals surface area (Å²) in [6.45, 7) is 11.4. The maximum atomic E-state index is 12.2. The lowest BCUT2D eigenvalue weighted by molar-refractivity contribution is -0.133. The lowest BCUT2D eigenvalue weighted by Crippen LogP contribution is -2.61. The van der Waals surface area contributed by atoms with Gasteiger partial charge in [-0.05, 0) is 27.2 Å². The zero-order chi connectivity index (χ0) is 13.8. The molecule has 0 saturated carbocycles. The highest BCUT2D eigenvalue weighted by atomic mass is 16.3. The van der Waals surface area contributed by atoms with E-state index in [1.807, 2.05) is 20.8 Å². The van der Waals surface area contributed by atoms with E-state index in [0.29, 0.717) is 13.0 Å². The quantitative estimate of drug-likeness (QED) is 0.646. The van der Waals surface area contributed by atoms with Crippen LogP contribution in [0, 0.1) is 0 Å². The molecule has 1 fully saturated rings. The van der Waals surface area contributed by atoms with Crippen molar-refractivity contribution in [2.75, 3.05) is 32.7 Å². The molecule has 18 heavy (non-hydrogen) atoms. The fourth-order valence-electron chi connectivity index (χ4n) is 1.98. The second-order valence-electron chi connectivity index (χ2n) is 5.83. The molecule has 5 heteroatoms. The average Bonchev–Trinajstić information content (AvgIpc) is 2.37. The molecule has 1 heterocycles. The van der Waals surface area contributed by atoms with Gasteiger partial charge in [-0.25, -0.2) is 0 Å². The van der Waals surface area contributed by atoms with Gasteiger partial charge in [0.25, 0.3) is 0 Å². The smallest absolute Gasteiger partial charge is 0.240 e. The first kappa shape index (κ1) is 15.4. The average molecular weight is 257 g/mol. The van der Waals surface area contributed by atoms with E-state index in [0.717, 1.165) is 26.2 Å². The molecule has 0 aromatic carbocycles. The summed E-state index contributed by atoms with van der Waals surface area (Å²) in [4.78, 5) is 14.4. The van der Waals surface area contributed by atoms with Gasteiger partial charge in [0.15, 0.2) is 0 Å². The van der Waals surface area contributed by atoms with Crippen LogP contribution in [0.3, 0.4) is 0 Å². The largest absolute Gasteiger partial charge is 0.388 e. The summed E-state index contributed by atoms with van der Waals surface area (Å²) in [6.07, 6.45) is 0.626. The third-order valence-corrected chi connectivity index (χ3v) is 3.85. The molecule has 3 N–H and O–H groups in total. The minimum Gasteiger partial charge on any atom is -0.388 e. The molecule has 1 rings (SSSR count). The van der Waals surface area contributed by atoms with Crippen molar-refractivity contribution in [3.63, 3.8) is 0 Å². The monoisotopic (exact) mass is 257 g/mol. The van der Waals surface area contributed by atoms with Crippen molar-refractivity contribution in [3.05, 3.63) is 0 Å². The maximum Gasteiger partial charge on any atom is 0.240 e. The van der Waals surface area contributed by atoms with Crippen LogP contribution in [0.1, 0.15) is 34.1 Å². The van der Waals surface area contributed by atoms with Gasteiger partial charge in [-0.15, -0.1) is 0 Å². The first-order valence-electron chi connectivity index (χ1n) is 6.76. The molecule has 0 aromatic heterocycles. The SMILES string of the molecule is CCC(C)(O)CNC(=O)C(C)(C)N1CCNCC1. The van der Waals surface area contributed by atoms with E-state index in [4.69, 9.17) is 0 Å². The summed E-state index contributed by atoms with van der Waals surface area (Å²) in [6, 6.07) is 0. The number of aliphatic hydroxyl groups is 1. The molecule has 0 radical (unpaired) electrons. The van der Waals surface area contributed by atoms with Crippen molar-refractivity contribution in [1.82, 2.24) is 15.5 Å². The Morgan fingerprint density at radius 2 is 1.89 bits per heavy atom. The number of nitrogens with zero attached hydrogens (tertiary/aromatic N) is 1. The van der Waals surface area contributed by atoms with Crippen LogP contribution in [0.15, 0.2) is 0 Å². The van der Waals surface area contributed by atoms with Crippen molar-refractivity contribution in [2.45, 2.75) is 45.3 Å². The van der Waals surface area contributed by atoms with Crippen LogP contribution in [0.5, 0.6) is 0 Å². The van der Waals surface area contributed by atoms with Gasteiger partial charge in [-0.2, -0.15) is 0 Å². The first-order valence-corrected chi connectivity index (χ1v) is 6.76. The summed E-state index contributed by atoms with van der Waals surface area (Å²) >= 11 is 0. The Labute approximate surface area is 110 Å². The molecule has 0 bridgehead atoms. The molecule has 5 nitrogen and oxygen atoms in total. The molecule has 1 atom stereocenters. The highest BCUT2D eigenvalue weighted by Gasteiger charge is 2.35. The maximum absolute atomic E-state index is 12.2. The van der Waals surface area contributed by atoms with E-state index in [2.05, 4.69) is 15.5 Å². The van der Waals surface area contributed by atoms with Crippen LogP contribution in [-0.2, 0) is 4.79 Å². The van der Waals surface area contributed by atoms with E-state index in [1.165, 1.54) is 0 Å². The molecular formula is C13H27N3O2. The summed E-state index contributed by atoms with van der Waals surface area (Å²) in [5, 5.41) is 16.0. The van der Waals surface area contributed by atoms with Gasteiger partial charge in [0, 0.05) is 32.7 Å². The molecule has 0 spiro atoms. The Hall–Kier alpha value is -0.650. The molecule has 106 valence electrons. The Morgan fingerprint density at radius 3 is 2.39 bits per heavy atom. The van der Waals surface area contributed by atoms with Crippen LogP contribution in [0.25, 0.3) is 0 Å². The van der Waals surface area contributed by atoms with E-state index >= 15 is 0 Å². The second kappa shape index (κ2) is 5.99. The number of carbonyl (C=O) groups is 1. The number of hydrogen-bond acceptors (Lipinski definition) is 4. The van der Waals surface area contributed by atoms with Crippen molar-refractivity contribution in [1.29, 1.82) is 0 Å². The lowest BCUT2D eigenvalue weighted by atomic mass is 9.98. The van der Waals surface area contributed by atoms with E-state index in [-0.39, 0.29) is 5.91 Å². The predicted octanol–water partition coefficient (Wildman–Crippen LogP) is -0.0526. The van der Waals surface area contributed by atoms with E-state index in [9.17, 15) is 9.90 Å². The number of hydrogen-bond donors (Lipinski definition) is 3. The molecule has 1 unspecified atom stereocenters. The summed E-state index contributed by atoms with van der Waals surface area (Å²) < 4.78 is 0. The molecular weight excluding hydrogens is 230 g/mol. The fraction of sp³-hybridized carbons (Fsp3) is 0.923. The second-order valence-corrected chi connectivity index (χ2v) is 5.83. The van der Waals surface area contributed by atoms with Crippen molar-refractivity contribution < 1.29 is 9.90 Å². The number of nitrogens with one attached hydrogen (secondary N) is 2. The van der Waals surface area contributed by atoms with Gasteiger partial charge in [0.2, 0.25) is 5.91 Å². The van der Waals surface area contributed by atoms with E-state index in [1.54, 1.807) is 6.92 Å². The first-order chi connectivity index (χ1) is 8.29. The van der Waals surface area contributed by atoms with Gasteiger partial charge in [0.05, 0.1) is 11.1 Å². The van der Waals surface area contributed by atoms with Crippen molar-refractivity contribution in [2.24, 2.45) is 0 Å². The Morgan fingerprint density at radius 1 is 1.33 bits per heavy atom. The normalized spacial score (nSPS) is 21.4. The Kier molecular flexibility index (Phi) is 5.13. The van der Waals surface area contributed by atoms with E-state index < -0.39 is 11.1 Å². The van der Waals surface area contributed by atoms with Crippen LogP contribution >= 0.6 is 0 Å². The van der Waals surface area contributed by atoms with Crippen molar-refractivity contribution in [3.8, 4) is 0 Å². The van der Waals surface area contributed by atoms with Crippen LogP contribution < -0.4 is 10.6 Å². The standard InChI is InChI=1S/C13H27N3O2/c1-5-13(4,18)10-15-11(17)12(2,3)16-8-6-14-7-9-16/h14,18H,5-10H2,1-4H3,(H,15,17). The minimum absolute atomic E-state index is 0.0156. The topological polar surface area (TPSA) is 64.6 Å². The van der Waals surface area contributed by atoms with Crippen LogP contribution in [0.2, 0.25) is 0 Å². The minimum atomic E-state index is -0.824. The molecule has 1 aliphatic rings. The highest BCUT2D eigenvalue weighted by molar-refractivity contribution is 5.85. The zero-order valence-electron chi connectivity index (χ0n) is 12.0. The van der Waals surface area contributed by atoms with Gasteiger partial charge < -0.3 is 15.7 Å². The number of rotatable bonds is 5.